The highest BCUT2D eigenvalue weighted by molar-refractivity contribution is 5.85. The molecular formula is C9H14Cl2N4O2. The molecule has 1 aliphatic heterocycles. The van der Waals surface area contributed by atoms with Gasteiger partial charge < -0.3 is 10.2 Å². The van der Waals surface area contributed by atoms with E-state index in [2.05, 4.69) is 10.3 Å². The van der Waals surface area contributed by atoms with Crippen LogP contribution in [0.4, 0.5) is 11.4 Å². The van der Waals surface area contributed by atoms with E-state index in [1.807, 2.05) is 4.90 Å². The molecule has 0 radical (unpaired) electrons. The number of pyridine rings is 1. The van der Waals surface area contributed by atoms with Crippen molar-refractivity contribution in [3.8, 4) is 0 Å². The third-order valence-electron chi connectivity index (χ3n) is 2.43. The van der Waals surface area contributed by atoms with Gasteiger partial charge in [0.1, 0.15) is 11.9 Å². The van der Waals surface area contributed by atoms with Crippen molar-refractivity contribution in [1.29, 1.82) is 0 Å². The molecule has 0 amide bonds. The summed E-state index contributed by atoms with van der Waals surface area (Å²) in [6.07, 6.45) is 2.89. The molecule has 96 valence electrons. The zero-order valence-electron chi connectivity index (χ0n) is 9.04. The van der Waals surface area contributed by atoms with Crippen molar-refractivity contribution in [2.24, 2.45) is 0 Å². The van der Waals surface area contributed by atoms with Crippen LogP contribution in [0, 0.1) is 10.1 Å². The lowest BCUT2D eigenvalue weighted by atomic mass is 10.2. The lowest BCUT2D eigenvalue weighted by Gasteiger charge is -2.28. The highest BCUT2D eigenvalue weighted by atomic mass is 35.5. The second kappa shape index (κ2) is 7.26. The van der Waals surface area contributed by atoms with E-state index in [0.717, 1.165) is 26.2 Å². The normalized spacial score (nSPS) is 14.5. The maximum atomic E-state index is 10.8. The summed E-state index contributed by atoms with van der Waals surface area (Å²) in [6.45, 7) is 3.31. The molecule has 1 aromatic heterocycles. The van der Waals surface area contributed by atoms with Gasteiger partial charge in [-0.05, 0) is 6.07 Å². The maximum absolute atomic E-state index is 10.8. The van der Waals surface area contributed by atoms with E-state index in [-0.39, 0.29) is 35.4 Å². The molecule has 0 saturated carbocycles. The summed E-state index contributed by atoms with van der Waals surface area (Å²) < 4.78 is 0. The van der Waals surface area contributed by atoms with Gasteiger partial charge in [-0.2, -0.15) is 0 Å². The van der Waals surface area contributed by atoms with Gasteiger partial charge in [0, 0.05) is 32.4 Å². The van der Waals surface area contributed by atoms with Crippen molar-refractivity contribution in [3.63, 3.8) is 0 Å². The first-order valence-electron chi connectivity index (χ1n) is 4.83. The SMILES string of the molecule is Cl.Cl.O=[N+]([O-])c1cnccc1N1CCNCC1. The zero-order chi connectivity index (χ0) is 10.7. The van der Waals surface area contributed by atoms with Crippen molar-refractivity contribution in [3.05, 3.63) is 28.6 Å². The predicted octanol–water partition coefficient (Wildman–Crippen LogP) is 1.24. The van der Waals surface area contributed by atoms with E-state index in [1.54, 1.807) is 12.3 Å². The molecule has 0 spiro atoms. The Hall–Kier alpha value is -1.11. The summed E-state index contributed by atoms with van der Waals surface area (Å²) in [5.74, 6) is 0. The highest BCUT2D eigenvalue weighted by Crippen LogP contribution is 2.26. The molecule has 1 aromatic rings. The molecule has 2 rings (SSSR count). The number of nitro groups is 1. The van der Waals surface area contributed by atoms with Gasteiger partial charge in [-0.15, -0.1) is 24.8 Å². The standard InChI is InChI=1S/C9H12N4O2.2ClH/c14-13(15)9-7-11-2-1-8(9)12-5-3-10-4-6-12;;/h1-2,7,10H,3-6H2;2*1H. The quantitative estimate of drug-likeness (QED) is 0.652. The first-order valence-corrected chi connectivity index (χ1v) is 4.83. The minimum absolute atomic E-state index is 0. The lowest BCUT2D eigenvalue weighted by molar-refractivity contribution is -0.384. The van der Waals surface area contributed by atoms with Gasteiger partial charge in [0.25, 0.3) is 0 Å². The largest absolute Gasteiger partial charge is 0.363 e. The van der Waals surface area contributed by atoms with E-state index < -0.39 is 0 Å². The van der Waals surface area contributed by atoms with Crippen LogP contribution in [0.1, 0.15) is 0 Å². The Kier molecular flexibility index (Phi) is 6.79. The molecule has 0 bridgehead atoms. The molecule has 6 nitrogen and oxygen atoms in total. The van der Waals surface area contributed by atoms with Crippen LogP contribution >= 0.6 is 24.8 Å². The Bertz CT molecular complexity index is 372. The fourth-order valence-electron chi connectivity index (χ4n) is 1.69. The van der Waals surface area contributed by atoms with Gasteiger partial charge in [-0.25, -0.2) is 0 Å². The molecule has 0 aromatic carbocycles. The Labute approximate surface area is 111 Å². The summed E-state index contributed by atoms with van der Waals surface area (Å²) in [4.78, 5) is 16.2. The number of hydrogen-bond donors (Lipinski definition) is 1. The minimum atomic E-state index is -0.385. The molecular weight excluding hydrogens is 267 g/mol. The summed E-state index contributed by atoms with van der Waals surface area (Å²) in [7, 11) is 0. The van der Waals surface area contributed by atoms with E-state index in [9.17, 15) is 10.1 Å². The van der Waals surface area contributed by atoms with E-state index in [0.29, 0.717) is 5.69 Å². The minimum Gasteiger partial charge on any atom is -0.363 e. The summed E-state index contributed by atoms with van der Waals surface area (Å²) in [5, 5.41) is 14.0. The van der Waals surface area contributed by atoms with Crippen LogP contribution in [-0.4, -0.2) is 36.1 Å². The lowest BCUT2D eigenvalue weighted by Crippen LogP contribution is -2.43. The molecule has 8 heteroatoms. The number of nitrogens with one attached hydrogen (secondary N) is 1. The third kappa shape index (κ3) is 3.69. The smallest absolute Gasteiger partial charge is 0.310 e. The molecule has 0 aliphatic carbocycles. The van der Waals surface area contributed by atoms with Crippen molar-refractivity contribution in [2.75, 3.05) is 31.1 Å². The number of piperazine rings is 1. The van der Waals surface area contributed by atoms with Crippen LogP contribution in [0.25, 0.3) is 0 Å². The van der Waals surface area contributed by atoms with E-state index in [1.165, 1.54) is 6.20 Å². The fourth-order valence-corrected chi connectivity index (χ4v) is 1.69. The fraction of sp³-hybridized carbons (Fsp3) is 0.444. The molecule has 1 saturated heterocycles. The molecule has 0 atom stereocenters. The first kappa shape index (κ1) is 15.9. The average Bonchev–Trinajstić information content (AvgIpc) is 2.30. The Balaban J connectivity index is 0.00000128. The second-order valence-corrected chi connectivity index (χ2v) is 3.36. The van der Waals surface area contributed by atoms with Crippen LogP contribution in [0.2, 0.25) is 0 Å². The Morgan fingerprint density at radius 1 is 1.35 bits per heavy atom. The molecule has 1 N–H and O–H groups in total. The Morgan fingerprint density at radius 3 is 2.59 bits per heavy atom. The molecule has 1 fully saturated rings. The maximum Gasteiger partial charge on any atom is 0.310 e. The molecule has 2 heterocycles. The van der Waals surface area contributed by atoms with Crippen LogP contribution < -0.4 is 10.2 Å². The van der Waals surface area contributed by atoms with Gasteiger partial charge >= 0.3 is 5.69 Å². The average molecular weight is 281 g/mol. The highest BCUT2D eigenvalue weighted by Gasteiger charge is 2.20. The number of nitrogens with zero attached hydrogens (tertiary/aromatic N) is 3. The van der Waals surface area contributed by atoms with Crippen LogP contribution in [0.5, 0.6) is 0 Å². The molecule has 17 heavy (non-hydrogen) atoms. The van der Waals surface area contributed by atoms with Crippen molar-refractivity contribution >= 4 is 36.2 Å². The second-order valence-electron chi connectivity index (χ2n) is 3.36. The van der Waals surface area contributed by atoms with Crippen molar-refractivity contribution in [2.45, 2.75) is 0 Å². The van der Waals surface area contributed by atoms with E-state index in [4.69, 9.17) is 0 Å². The van der Waals surface area contributed by atoms with Crippen molar-refractivity contribution in [1.82, 2.24) is 10.3 Å². The number of aromatic nitrogens is 1. The van der Waals surface area contributed by atoms with Gasteiger partial charge in [0.15, 0.2) is 0 Å². The van der Waals surface area contributed by atoms with Crippen LogP contribution in [0.15, 0.2) is 18.5 Å². The van der Waals surface area contributed by atoms with Crippen LogP contribution in [-0.2, 0) is 0 Å². The van der Waals surface area contributed by atoms with Gasteiger partial charge in [0.05, 0.1) is 4.92 Å². The summed E-state index contributed by atoms with van der Waals surface area (Å²) >= 11 is 0. The predicted molar refractivity (Wildman–Crippen MR) is 70.5 cm³/mol. The van der Waals surface area contributed by atoms with Crippen LogP contribution in [0.3, 0.4) is 0 Å². The van der Waals surface area contributed by atoms with Gasteiger partial charge in [-0.1, -0.05) is 0 Å². The van der Waals surface area contributed by atoms with E-state index >= 15 is 0 Å². The molecule has 1 aliphatic rings. The van der Waals surface area contributed by atoms with Gasteiger partial charge in [0.2, 0.25) is 0 Å². The first-order chi connectivity index (χ1) is 7.29. The molecule has 0 unspecified atom stereocenters. The zero-order valence-corrected chi connectivity index (χ0v) is 10.7. The topological polar surface area (TPSA) is 71.3 Å². The monoisotopic (exact) mass is 280 g/mol. The van der Waals surface area contributed by atoms with Crippen molar-refractivity contribution < 1.29 is 4.92 Å². The third-order valence-corrected chi connectivity index (χ3v) is 2.43. The van der Waals surface area contributed by atoms with Gasteiger partial charge in [-0.3, -0.25) is 15.1 Å². The Morgan fingerprint density at radius 2 is 2.00 bits per heavy atom. The number of anilines is 1. The summed E-state index contributed by atoms with van der Waals surface area (Å²) in [6, 6.07) is 1.70. The number of halogens is 2. The number of hydrogen-bond acceptors (Lipinski definition) is 5. The summed E-state index contributed by atoms with van der Waals surface area (Å²) in [5.41, 5.74) is 0.746. The number of rotatable bonds is 2.